The first-order valence-corrected chi connectivity index (χ1v) is 5.63. The molecule has 2 aromatic rings. The van der Waals surface area contributed by atoms with Crippen molar-refractivity contribution >= 4 is 28.3 Å². The van der Waals surface area contributed by atoms with Crippen molar-refractivity contribution in [2.45, 2.75) is 6.92 Å². The van der Waals surface area contributed by atoms with Crippen LogP contribution in [-0.4, -0.2) is 23.0 Å². The summed E-state index contributed by atoms with van der Waals surface area (Å²) in [7, 11) is 0. The number of aromatic nitrogens is 1. The fourth-order valence-corrected chi connectivity index (χ4v) is 1.77. The van der Waals surface area contributed by atoms with Crippen molar-refractivity contribution in [3.8, 4) is 0 Å². The fraction of sp³-hybridized carbons (Fsp3) is 0.250. The summed E-state index contributed by atoms with van der Waals surface area (Å²) in [5, 5.41) is 0.976. The molecule has 0 aliphatic heterocycles. The van der Waals surface area contributed by atoms with Gasteiger partial charge in [0, 0.05) is 17.1 Å². The summed E-state index contributed by atoms with van der Waals surface area (Å²) in [5.74, 6) is -0.0507. The van der Waals surface area contributed by atoms with Gasteiger partial charge in [-0.1, -0.05) is 0 Å². The Labute approximate surface area is 98.5 Å². The van der Waals surface area contributed by atoms with Gasteiger partial charge in [-0.2, -0.15) is 4.73 Å². The standard InChI is InChI=1S/C12H12ClNO2/c1-2-16-14-6-5-9-7-10(12(15)8-13)3-4-11(9)14/h3-7H,2,8H2,1H3. The summed E-state index contributed by atoms with van der Waals surface area (Å²) in [6, 6.07) is 7.37. The first-order valence-electron chi connectivity index (χ1n) is 5.10. The Morgan fingerprint density at radius 3 is 2.94 bits per heavy atom. The van der Waals surface area contributed by atoms with Gasteiger partial charge in [0.1, 0.15) is 6.61 Å². The van der Waals surface area contributed by atoms with Gasteiger partial charge >= 0.3 is 0 Å². The lowest BCUT2D eigenvalue weighted by atomic mass is 10.1. The number of nitrogens with zero attached hydrogens (tertiary/aromatic N) is 1. The third-order valence-corrected chi connectivity index (χ3v) is 2.61. The van der Waals surface area contributed by atoms with Crippen LogP contribution < -0.4 is 4.84 Å². The number of carbonyl (C=O) groups is 1. The molecule has 0 atom stereocenters. The number of fused-ring (bicyclic) bond motifs is 1. The van der Waals surface area contributed by atoms with Crippen LogP contribution in [0.5, 0.6) is 0 Å². The number of rotatable bonds is 4. The molecule has 1 heterocycles. The fourth-order valence-electron chi connectivity index (χ4n) is 1.62. The van der Waals surface area contributed by atoms with E-state index in [9.17, 15) is 4.79 Å². The summed E-state index contributed by atoms with van der Waals surface area (Å²) < 4.78 is 1.70. The maximum Gasteiger partial charge on any atom is 0.177 e. The van der Waals surface area contributed by atoms with Crippen molar-refractivity contribution in [3.05, 3.63) is 36.0 Å². The lowest BCUT2D eigenvalue weighted by Gasteiger charge is -2.05. The van der Waals surface area contributed by atoms with Crippen LogP contribution in [0.2, 0.25) is 0 Å². The molecule has 0 saturated heterocycles. The zero-order valence-electron chi connectivity index (χ0n) is 8.94. The Kier molecular flexibility index (Phi) is 3.15. The molecule has 0 bridgehead atoms. The Hall–Kier alpha value is -1.48. The summed E-state index contributed by atoms with van der Waals surface area (Å²) in [4.78, 5) is 16.8. The molecule has 0 fully saturated rings. The maximum atomic E-state index is 11.4. The van der Waals surface area contributed by atoms with Crippen LogP contribution in [0.15, 0.2) is 30.5 Å². The van der Waals surface area contributed by atoms with Crippen LogP contribution in [0.1, 0.15) is 17.3 Å². The number of halogens is 1. The summed E-state index contributed by atoms with van der Waals surface area (Å²) in [6.45, 7) is 2.53. The van der Waals surface area contributed by atoms with Crippen molar-refractivity contribution < 1.29 is 9.63 Å². The molecule has 2 rings (SSSR count). The highest BCUT2D eigenvalue weighted by Crippen LogP contribution is 2.17. The Balaban J connectivity index is 2.44. The lowest BCUT2D eigenvalue weighted by Crippen LogP contribution is -2.08. The highest BCUT2D eigenvalue weighted by atomic mass is 35.5. The predicted molar refractivity (Wildman–Crippen MR) is 64.1 cm³/mol. The Morgan fingerprint density at radius 2 is 2.25 bits per heavy atom. The molecule has 0 saturated carbocycles. The van der Waals surface area contributed by atoms with E-state index in [0.29, 0.717) is 12.2 Å². The van der Waals surface area contributed by atoms with E-state index in [-0.39, 0.29) is 11.7 Å². The molecule has 0 aliphatic carbocycles. The molecule has 0 N–H and O–H groups in total. The second kappa shape index (κ2) is 4.58. The van der Waals surface area contributed by atoms with Crippen molar-refractivity contribution in [1.29, 1.82) is 0 Å². The molecule has 0 amide bonds. The lowest BCUT2D eigenvalue weighted by molar-refractivity contribution is 0.102. The minimum absolute atomic E-state index is 0.0116. The van der Waals surface area contributed by atoms with Crippen molar-refractivity contribution in [3.63, 3.8) is 0 Å². The van der Waals surface area contributed by atoms with E-state index >= 15 is 0 Å². The summed E-state index contributed by atoms with van der Waals surface area (Å²) in [6.07, 6.45) is 1.84. The number of ketones is 1. The molecule has 1 aromatic heterocycles. The monoisotopic (exact) mass is 237 g/mol. The SMILES string of the molecule is CCOn1ccc2cc(C(=O)CCl)ccc21. The first-order chi connectivity index (χ1) is 7.76. The number of benzene rings is 1. The minimum Gasteiger partial charge on any atom is -0.414 e. The van der Waals surface area contributed by atoms with E-state index in [1.807, 2.05) is 31.3 Å². The molecule has 1 aromatic carbocycles. The second-order valence-corrected chi connectivity index (χ2v) is 3.66. The van der Waals surface area contributed by atoms with Gasteiger partial charge in [-0.25, -0.2) is 0 Å². The van der Waals surface area contributed by atoms with E-state index in [0.717, 1.165) is 10.9 Å². The molecular formula is C12H12ClNO2. The minimum atomic E-state index is -0.0623. The van der Waals surface area contributed by atoms with Crippen molar-refractivity contribution in [2.75, 3.05) is 12.5 Å². The van der Waals surface area contributed by atoms with Crippen LogP contribution in [0.25, 0.3) is 10.9 Å². The van der Waals surface area contributed by atoms with Crippen LogP contribution in [-0.2, 0) is 0 Å². The van der Waals surface area contributed by atoms with Gasteiger partial charge in [0.15, 0.2) is 5.78 Å². The Bertz CT molecular complexity index is 519. The number of hydrogen-bond donors (Lipinski definition) is 0. The number of carbonyl (C=O) groups excluding carboxylic acids is 1. The highest BCUT2D eigenvalue weighted by Gasteiger charge is 2.07. The summed E-state index contributed by atoms with van der Waals surface area (Å²) >= 11 is 5.51. The molecule has 0 aliphatic rings. The predicted octanol–water partition coefficient (Wildman–Crippen LogP) is 2.51. The zero-order valence-corrected chi connectivity index (χ0v) is 9.70. The van der Waals surface area contributed by atoms with Gasteiger partial charge in [-0.3, -0.25) is 4.79 Å². The smallest absolute Gasteiger partial charge is 0.177 e. The molecular weight excluding hydrogens is 226 g/mol. The second-order valence-electron chi connectivity index (χ2n) is 3.39. The van der Waals surface area contributed by atoms with Crippen LogP contribution in [0.4, 0.5) is 0 Å². The van der Waals surface area contributed by atoms with Gasteiger partial charge in [0.2, 0.25) is 0 Å². The van der Waals surface area contributed by atoms with E-state index in [4.69, 9.17) is 16.4 Å². The quantitative estimate of drug-likeness (QED) is 0.604. The molecule has 16 heavy (non-hydrogen) atoms. The normalized spacial score (nSPS) is 10.6. The average Bonchev–Trinajstić information content (AvgIpc) is 2.71. The van der Waals surface area contributed by atoms with Crippen molar-refractivity contribution in [2.24, 2.45) is 0 Å². The first kappa shape index (κ1) is 11.0. The zero-order chi connectivity index (χ0) is 11.5. The third kappa shape index (κ3) is 1.91. The molecule has 0 spiro atoms. The number of alkyl halides is 1. The van der Waals surface area contributed by atoms with Crippen LogP contribution in [0, 0.1) is 0 Å². The maximum absolute atomic E-state index is 11.4. The van der Waals surface area contributed by atoms with E-state index in [2.05, 4.69) is 0 Å². The summed E-state index contributed by atoms with van der Waals surface area (Å²) in [5.41, 5.74) is 1.59. The van der Waals surface area contributed by atoms with Gasteiger partial charge in [-0.15, -0.1) is 11.6 Å². The largest absolute Gasteiger partial charge is 0.414 e. The molecule has 3 nitrogen and oxygen atoms in total. The highest BCUT2D eigenvalue weighted by molar-refractivity contribution is 6.30. The number of hydrogen-bond acceptors (Lipinski definition) is 2. The van der Waals surface area contributed by atoms with Gasteiger partial charge < -0.3 is 4.84 Å². The van der Waals surface area contributed by atoms with Gasteiger partial charge in [-0.05, 0) is 31.2 Å². The van der Waals surface area contributed by atoms with Crippen molar-refractivity contribution in [1.82, 2.24) is 4.73 Å². The van der Waals surface area contributed by atoms with E-state index in [1.54, 1.807) is 10.8 Å². The van der Waals surface area contributed by atoms with E-state index in [1.165, 1.54) is 0 Å². The van der Waals surface area contributed by atoms with Crippen LogP contribution >= 0.6 is 11.6 Å². The third-order valence-electron chi connectivity index (χ3n) is 2.37. The van der Waals surface area contributed by atoms with Gasteiger partial charge in [0.25, 0.3) is 0 Å². The Morgan fingerprint density at radius 1 is 1.44 bits per heavy atom. The topological polar surface area (TPSA) is 31.2 Å². The molecule has 4 heteroatoms. The molecule has 84 valence electrons. The van der Waals surface area contributed by atoms with Crippen LogP contribution in [0.3, 0.4) is 0 Å². The molecule has 0 unspecified atom stereocenters. The van der Waals surface area contributed by atoms with Gasteiger partial charge in [0.05, 0.1) is 11.4 Å². The van der Waals surface area contributed by atoms with E-state index < -0.39 is 0 Å². The molecule has 0 radical (unpaired) electrons. The average molecular weight is 238 g/mol. The number of Topliss-reactive ketones (excluding diaryl/α,β-unsaturated/α-hetero) is 1.